The molecular formula is C32H70CdO4P2S4+2. The van der Waals surface area contributed by atoms with Crippen LogP contribution in [0.25, 0.3) is 0 Å². The molecule has 0 heterocycles. The molecule has 0 aromatic heterocycles. The Morgan fingerprint density at radius 2 is 0.628 bits per heavy atom. The second kappa shape index (κ2) is 33.3. The van der Waals surface area contributed by atoms with Gasteiger partial charge in [-0.05, 0) is 49.4 Å². The van der Waals surface area contributed by atoms with Gasteiger partial charge in [0.25, 0.3) is 0 Å². The van der Waals surface area contributed by atoms with Gasteiger partial charge in [0.05, 0.1) is 26.4 Å². The van der Waals surface area contributed by atoms with Crippen molar-refractivity contribution in [1.29, 1.82) is 0 Å². The SMILES string of the molecule is CCCCC(CC)COP([S-])(=[SH+])OCC(CC)CCCC.CCCCC(CC)COP([S-])(=[SH+])OCC(CC)CCCC.[Cd+2]. The Bertz CT molecular complexity index is 590. The van der Waals surface area contributed by atoms with E-state index in [2.05, 4.69) is 79.0 Å². The van der Waals surface area contributed by atoms with Gasteiger partial charge in [-0.25, -0.2) is 0 Å². The third-order valence-corrected chi connectivity index (χ3v) is 12.6. The van der Waals surface area contributed by atoms with E-state index in [0.717, 1.165) is 25.7 Å². The minimum absolute atomic E-state index is 0. The Morgan fingerprint density at radius 1 is 0.442 bits per heavy atom. The molecule has 0 saturated heterocycles. The van der Waals surface area contributed by atoms with Crippen LogP contribution >= 0.6 is 11.4 Å². The van der Waals surface area contributed by atoms with E-state index in [1.165, 1.54) is 77.0 Å². The monoisotopic (exact) mass is 822 g/mol. The van der Waals surface area contributed by atoms with Crippen LogP contribution in [0.4, 0.5) is 0 Å². The first-order valence-electron chi connectivity index (χ1n) is 17.2. The number of thiol groups is 2. The molecule has 43 heavy (non-hydrogen) atoms. The summed E-state index contributed by atoms with van der Waals surface area (Å²) in [6.45, 7) is 20.5. The van der Waals surface area contributed by atoms with Crippen LogP contribution < -0.4 is 0 Å². The zero-order valence-corrected chi connectivity index (χ0v) is 38.6. The molecule has 4 nitrogen and oxygen atoms in total. The second-order valence-corrected chi connectivity index (χ2v) is 22.4. The minimum Gasteiger partial charge on any atom is -0.640 e. The van der Waals surface area contributed by atoms with Crippen LogP contribution in [-0.2, 0) is 93.5 Å². The molecule has 0 amide bonds. The summed E-state index contributed by atoms with van der Waals surface area (Å²) in [5, 5.41) is 0. The molecule has 0 aliphatic carbocycles. The van der Waals surface area contributed by atoms with Crippen LogP contribution in [0.1, 0.15) is 158 Å². The fourth-order valence-corrected chi connectivity index (χ4v) is 7.74. The fraction of sp³-hybridized carbons (Fsp3) is 1.00. The van der Waals surface area contributed by atoms with Crippen molar-refractivity contribution in [1.82, 2.24) is 0 Å². The zero-order chi connectivity index (χ0) is 32.3. The molecule has 0 fully saturated rings. The van der Waals surface area contributed by atoms with Gasteiger partial charge in [0.1, 0.15) is 0 Å². The van der Waals surface area contributed by atoms with Gasteiger partial charge < -0.3 is 42.6 Å². The van der Waals surface area contributed by atoms with Crippen molar-refractivity contribution in [2.75, 3.05) is 26.4 Å². The molecule has 0 aliphatic rings. The van der Waals surface area contributed by atoms with E-state index in [1.807, 2.05) is 0 Å². The van der Waals surface area contributed by atoms with Gasteiger partial charge in [0, 0.05) is 0 Å². The Morgan fingerprint density at radius 3 is 0.767 bits per heavy atom. The Kier molecular flexibility index (Phi) is 38.8. The number of hydrogen-bond donors (Lipinski definition) is 0. The zero-order valence-electron chi connectivity index (χ0n) is 29.4. The van der Waals surface area contributed by atoms with Gasteiger partial charge in [-0.3, -0.25) is 0 Å². The minimum atomic E-state index is -2.36. The Labute approximate surface area is 310 Å². The smallest absolute Gasteiger partial charge is 0.640 e. The second-order valence-electron chi connectivity index (χ2n) is 11.8. The first-order valence-corrected chi connectivity index (χ1v) is 24.8. The molecule has 256 valence electrons. The molecule has 4 atom stereocenters. The standard InChI is InChI=1S/2C16H35O2PS2.Cd/c2*1-5-9-11-15(7-3)13-17-19(20,21)18-14-16(8-4)12-10-6-2;/h2*15-16H,5-14H2,1-4H3,(H,20,21);/q;;+2. The third kappa shape index (κ3) is 31.8. The van der Waals surface area contributed by atoms with Crippen molar-refractivity contribution in [3.63, 3.8) is 0 Å². The molecule has 0 aromatic rings. The molecular weight excluding hydrogens is 751 g/mol. The number of unbranched alkanes of at least 4 members (excludes halogenated alkanes) is 4. The molecule has 0 radical (unpaired) electrons. The van der Waals surface area contributed by atoms with Crippen LogP contribution in [0.3, 0.4) is 0 Å². The predicted molar refractivity (Wildman–Crippen MR) is 203 cm³/mol. The van der Waals surface area contributed by atoms with Gasteiger partial charge in [-0.15, -0.1) is 0 Å². The van der Waals surface area contributed by atoms with Crippen molar-refractivity contribution in [3.8, 4) is 0 Å². The van der Waals surface area contributed by atoms with Crippen molar-refractivity contribution >= 4 is 59.5 Å². The summed E-state index contributed by atoms with van der Waals surface area (Å²) >= 11 is 19.8. The maximum absolute atomic E-state index is 5.85. The summed E-state index contributed by atoms with van der Waals surface area (Å²) in [4.78, 5) is 0. The molecule has 4 unspecified atom stereocenters. The average Bonchev–Trinajstić information content (AvgIpc) is 2.98. The third-order valence-electron chi connectivity index (χ3n) is 8.07. The molecule has 0 saturated carbocycles. The first kappa shape index (κ1) is 50.1. The van der Waals surface area contributed by atoms with E-state index >= 15 is 0 Å². The van der Waals surface area contributed by atoms with Crippen LogP contribution in [0.15, 0.2) is 0 Å². The van der Waals surface area contributed by atoms with E-state index in [1.54, 1.807) is 0 Å². The average molecular weight is 822 g/mol. The summed E-state index contributed by atoms with van der Waals surface area (Å²) in [6.07, 6.45) is 19.4. The van der Waals surface area contributed by atoms with Gasteiger partial charge in [-0.1, -0.05) is 132 Å². The first-order chi connectivity index (χ1) is 20.0. The van der Waals surface area contributed by atoms with E-state index < -0.39 is 11.4 Å². The van der Waals surface area contributed by atoms with Crippen LogP contribution in [0.2, 0.25) is 0 Å². The van der Waals surface area contributed by atoms with Gasteiger partial charge in [-0.2, -0.15) is 0 Å². The summed E-state index contributed by atoms with van der Waals surface area (Å²) in [6, 6.07) is 0. The quantitative estimate of drug-likeness (QED) is 0.0257. The van der Waals surface area contributed by atoms with Gasteiger partial charge in [0.2, 0.25) is 11.4 Å². The van der Waals surface area contributed by atoms with Crippen molar-refractivity contribution in [2.45, 2.75) is 158 Å². The van der Waals surface area contributed by atoms with Crippen LogP contribution in [-0.4, -0.2) is 26.4 Å². The molecule has 0 rings (SSSR count). The molecule has 11 heteroatoms. The van der Waals surface area contributed by atoms with Crippen molar-refractivity contribution in [2.24, 2.45) is 23.7 Å². The van der Waals surface area contributed by atoms with Crippen molar-refractivity contribution in [3.05, 3.63) is 0 Å². The van der Waals surface area contributed by atoms with E-state index in [4.69, 9.17) is 42.6 Å². The van der Waals surface area contributed by atoms with E-state index in [0.29, 0.717) is 50.1 Å². The molecule has 0 spiro atoms. The fourth-order valence-electron chi connectivity index (χ4n) is 4.47. The molecule has 0 aliphatic heterocycles. The molecule has 0 aromatic carbocycles. The molecule has 0 bridgehead atoms. The van der Waals surface area contributed by atoms with Gasteiger partial charge in [0.15, 0.2) is 23.6 Å². The van der Waals surface area contributed by atoms with Crippen molar-refractivity contribution < 1.29 is 45.4 Å². The largest absolute Gasteiger partial charge is 2.00 e. The van der Waals surface area contributed by atoms with E-state index in [9.17, 15) is 0 Å². The van der Waals surface area contributed by atoms with Crippen LogP contribution in [0, 0.1) is 23.7 Å². The summed E-state index contributed by atoms with van der Waals surface area (Å²) in [7, 11) is 0. The van der Waals surface area contributed by atoms with Crippen LogP contribution in [0.5, 0.6) is 0 Å². The maximum atomic E-state index is 5.85. The number of hydrogen-bond acceptors (Lipinski definition) is 6. The topological polar surface area (TPSA) is 36.9 Å². The predicted octanol–water partition coefficient (Wildman–Crippen LogP) is 11.9. The summed E-state index contributed by atoms with van der Waals surface area (Å²) < 4.78 is 23.4. The summed E-state index contributed by atoms with van der Waals surface area (Å²) in [5.41, 5.74) is -4.73. The van der Waals surface area contributed by atoms with E-state index in [-0.39, 0.29) is 27.3 Å². The number of rotatable bonds is 28. The Balaban J connectivity index is -0.000000727. The normalized spacial score (nSPS) is 17.0. The summed E-state index contributed by atoms with van der Waals surface area (Å²) in [5.74, 6) is 2.35. The Hall–Kier alpha value is 2.76. The molecule has 0 N–H and O–H groups in total. The maximum Gasteiger partial charge on any atom is 2.00 e. The van der Waals surface area contributed by atoms with Gasteiger partial charge >= 0.3 is 27.3 Å².